The molecule has 20 heavy (non-hydrogen) atoms. The number of hydrogen-bond acceptors (Lipinski definition) is 4. The van der Waals surface area contributed by atoms with Crippen molar-refractivity contribution in [3.8, 4) is 5.75 Å². The minimum Gasteiger partial charge on any atom is -0.493 e. The molecular weight excluding hydrogens is 261 g/mol. The van der Waals surface area contributed by atoms with Gasteiger partial charge in [-0.1, -0.05) is 6.07 Å². The van der Waals surface area contributed by atoms with Crippen molar-refractivity contribution in [3.63, 3.8) is 0 Å². The number of nitrogens with one attached hydrogen (secondary N) is 1. The topological polar surface area (TPSA) is 77.2 Å². The van der Waals surface area contributed by atoms with E-state index in [0.29, 0.717) is 23.7 Å². The van der Waals surface area contributed by atoms with Crippen LogP contribution < -0.4 is 15.8 Å². The fraction of sp³-hybridized carbons (Fsp3) is 0.143. The van der Waals surface area contributed by atoms with Crippen LogP contribution in [0.25, 0.3) is 0 Å². The van der Waals surface area contributed by atoms with Crippen molar-refractivity contribution < 1.29 is 13.9 Å². The Bertz CT molecular complexity index is 614. The average molecular weight is 275 g/mol. The molecule has 0 aliphatic rings. The van der Waals surface area contributed by atoms with Crippen LogP contribution in [0.4, 0.5) is 15.8 Å². The number of halogens is 1. The number of pyridine rings is 1. The number of nitrogen functional groups attached to an aromatic ring is 1. The van der Waals surface area contributed by atoms with Crippen LogP contribution in [0.2, 0.25) is 0 Å². The van der Waals surface area contributed by atoms with Gasteiger partial charge in [0.1, 0.15) is 11.3 Å². The number of amides is 1. The van der Waals surface area contributed by atoms with Crippen LogP contribution in [0.5, 0.6) is 5.75 Å². The molecule has 0 aliphatic carbocycles. The molecule has 0 spiro atoms. The van der Waals surface area contributed by atoms with Crippen molar-refractivity contribution in [2.45, 2.75) is 6.92 Å². The molecule has 0 atom stereocenters. The largest absolute Gasteiger partial charge is 0.493 e. The SMILES string of the molecule is CCOc1cccc(N)c1C(=O)Nc1ccc(F)nc1. The molecule has 1 aromatic heterocycles. The quantitative estimate of drug-likeness (QED) is 0.663. The number of rotatable bonds is 4. The second kappa shape index (κ2) is 6.01. The van der Waals surface area contributed by atoms with E-state index in [2.05, 4.69) is 10.3 Å². The zero-order valence-electron chi connectivity index (χ0n) is 10.9. The van der Waals surface area contributed by atoms with Gasteiger partial charge in [-0.2, -0.15) is 4.39 Å². The summed E-state index contributed by atoms with van der Waals surface area (Å²) in [7, 11) is 0. The number of ether oxygens (including phenoxy) is 1. The predicted octanol–water partition coefficient (Wildman–Crippen LogP) is 2.45. The Morgan fingerprint density at radius 3 is 2.85 bits per heavy atom. The lowest BCUT2D eigenvalue weighted by molar-refractivity contribution is 0.102. The number of nitrogens with zero attached hydrogens (tertiary/aromatic N) is 1. The molecule has 0 fully saturated rings. The third-order valence-corrected chi connectivity index (χ3v) is 2.57. The van der Waals surface area contributed by atoms with Gasteiger partial charge in [0.05, 0.1) is 18.5 Å². The Morgan fingerprint density at radius 1 is 1.40 bits per heavy atom. The first-order valence-corrected chi connectivity index (χ1v) is 6.06. The molecule has 1 aromatic carbocycles. The molecule has 0 aliphatic heterocycles. The summed E-state index contributed by atoms with van der Waals surface area (Å²) in [6.45, 7) is 2.23. The fourth-order valence-electron chi connectivity index (χ4n) is 1.71. The molecule has 0 unspecified atom stereocenters. The van der Waals surface area contributed by atoms with E-state index in [-0.39, 0.29) is 5.56 Å². The maximum Gasteiger partial charge on any atom is 0.261 e. The minimum atomic E-state index is -0.614. The van der Waals surface area contributed by atoms with Crippen LogP contribution in [0.3, 0.4) is 0 Å². The zero-order valence-corrected chi connectivity index (χ0v) is 10.9. The Kier molecular flexibility index (Phi) is 4.14. The summed E-state index contributed by atoms with van der Waals surface area (Å²) >= 11 is 0. The number of carbonyl (C=O) groups is 1. The molecule has 1 heterocycles. The average Bonchev–Trinajstić information content (AvgIpc) is 2.42. The Balaban J connectivity index is 2.26. The van der Waals surface area contributed by atoms with Crippen molar-refractivity contribution in [2.24, 2.45) is 0 Å². The van der Waals surface area contributed by atoms with E-state index in [9.17, 15) is 9.18 Å². The first-order chi connectivity index (χ1) is 9.61. The highest BCUT2D eigenvalue weighted by Crippen LogP contribution is 2.25. The Morgan fingerprint density at radius 2 is 2.20 bits per heavy atom. The molecule has 3 N–H and O–H groups in total. The van der Waals surface area contributed by atoms with Crippen LogP contribution in [-0.4, -0.2) is 17.5 Å². The van der Waals surface area contributed by atoms with E-state index in [1.807, 2.05) is 6.92 Å². The smallest absolute Gasteiger partial charge is 0.261 e. The number of carbonyl (C=O) groups excluding carboxylic acids is 1. The molecular formula is C14H14FN3O2. The third-order valence-electron chi connectivity index (χ3n) is 2.57. The van der Waals surface area contributed by atoms with Gasteiger partial charge in [0.15, 0.2) is 0 Å². The van der Waals surface area contributed by atoms with Crippen LogP contribution in [0, 0.1) is 5.95 Å². The van der Waals surface area contributed by atoms with Crippen LogP contribution >= 0.6 is 0 Å². The summed E-state index contributed by atoms with van der Waals surface area (Å²) in [4.78, 5) is 15.7. The maximum atomic E-state index is 12.7. The van der Waals surface area contributed by atoms with Gasteiger partial charge in [0.2, 0.25) is 5.95 Å². The Labute approximate surface area is 115 Å². The minimum absolute atomic E-state index is 0.249. The molecule has 5 nitrogen and oxygen atoms in total. The van der Waals surface area contributed by atoms with Gasteiger partial charge in [-0.05, 0) is 31.2 Å². The van der Waals surface area contributed by atoms with E-state index in [4.69, 9.17) is 10.5 Å². The van der Waals surface area contributed by atoms with Crippen molar-refractivity contribution in [1.82, 2.24) is 4.98 Å². The van der Waals surface area contributed by atoms with Gasteiger partial charge in [0.25, 0.3) is 5.91 Å². The molecule has 0 saturated heterocycles. The first kappa shape index (κ1) is 13.8. The summed E-state index contributed by atoms with van der Waals surface area (Å²) < 4.78 is 18.1. The van der Waals surface area contributed by atoms with Gasteiger partial charge in [-0.15, -0.1) is 0 Å². The van der Waals surface area contributed by atoms with Gasteiger partial charge in [-0.25, -0.2) is 4.98 Å². The molecule has 0 bridgehead atoms. The predicted molar refractivity (Wildman–Crippen MR) is 74.2 cm³/mol. The number of nitrogens with two attached hydrogens (primary N) is 1. The van der Waals surface area contributed by atoms with E-state index in [1.54, 1.807) is 18.2 Å². The third kappa shape index (κ3) is 3.03. The van der Waals surface area contributed by atoms with Crippen LogP contribution in [0.15, 0.2) is 36.5 Å². The number of benzene rings is 1. The molecule has 6 heteroatoms. The fourth-order valence-corrected chi connectivity index (χ4v) is 1.71. The Hall–Kier alpha value is -2.63. The second-order valence-electron chi connectivity index (χ2n) is 3.98. The first-order valence-electron chi connectivity index (χ1n) is 6.06. The van der Waals surface area contributed by atoms with E-state index >= 15 is 0 Å². The van der Waals surface area contributed by atoms with Crippen LogP contribution in [0.1, 0.15) is 17.3 Å². The highest BCUT2D eigenvalue weighted by molar-refractivity contribution is 6.09. The molecule has 2 aromatic rings. The van der Waals surface area contributed by atoms with Gasteiger partial charge in [0, 0.05) is 5.69 Å². The highest BCUT2D eigenvalue weighted by atomic mass is 19.1. The van der Waals surface area contributed by atoms with Gasteiger partial charge >= 0.3 is 0 Å². The standard InChI is InChI=1S/C14H14FN3O2/c1-2-20-11-5-3-4-10(16)13(11)14(19)18-9-6-7-12(15)17-8-9/h3-8H,2,16H2,1H3,(H,18,19). The summed E-state index contributed by atoms with van der Waals surface area (Å²) in [6, 6.07) is 7.56. The van der Waals surface area contributed by atoms with E-state index in [0.717, 1.165) is 6.07 Å². The van der Waals surface area contributed by atoms with Crippen molar-refractivity contribution >= 4 is 17.3 Å². The molecule has 104 valence electrons. The molecule has 2 rings (SSSR count). The van der Waals surface area contributed by atoms with Crippen molar-refractivity contribution in [2.75, 3.05) is 17.7 Å². The zero-order chi connectivity index (χ0) is 14.5. The lowest BCUT2D eigenvalue weighted by atomic mass is 10.1. The van der Waals surface area contributed by atoms with E-state index in [1.165, 1.54) is 12.3 Å². The highest BCUT2D eigenvalue weighted by Gasteiger charge is 2.16. The normalized spacial score (nSPS) is 10.1. The van der Waals surface area contributed by atoms with Gasteiger partial charge in [-0.3, -0.25) is 4.79 Å². The van der Waals surface area contributed by atoms with Crippen molar-refractivity contribution in [3.05, 3.63) is 48.0 Å². The lowest BCUT2D eigenvalue weighted by Gasteiger charge is -2.12. The summed E-state index contributed by atoms with van der Waals surface area (Å²) in [5.41, 5.74) is 6.75. The molecule has 1 amide bonds. The maximum absolute atomic E-state index is 12.7. The molecule has 0 saturated carbocycles. The van der Waals surface area contributed by atoms with Crippen molar-refractivity contribution in [1.29, 1.82) is 0 Å². The summed E-state index contributed by atoms with van der Waals surface area (Å²) in [5, 5.41) is 2.60. The monoisotopic (exact) mass is 275 g/mol. The van der Waals surface area contributed by atoms with Gasteiger partial charge < -0.3 is 15.8 Å². The number of aromatic nitrogens is 1. The van der Waals surface area contributed by atoms with Crippen LogP contribution in [-0.2, 0) is 0 Å². The molecule has 0 radical (unpaired) electrons. The lowest BCUT2D eigenvalue weighted by Crippen LogP contribution is -2.16. The summed E-state index contributed by atoms with van der Waals surface area (Å²) in [5.74, 6) is -0.641. The van der Waals surface area contributed by atoms with E-state index < -0.39 is 11.9 Å². The number of anilines is 2. The second-order valence-corrected chi connectivity index (χ2v) is 3.98. The number of hydrogen-bond donors (Lipinski definition) is 2. The summed E-state index contributed by atoms with van der Waals surface area (Å²) in [6.07, 6.45) is 1.23.